The van der Waals surface area contributed by atoms with E-state index >= 15 is 0 Å². The van der Waals surface area contributed by atoms with Crippen LogP contribution in [0.4, 0.5) is 0 Å². The van der Waals surface area contributed by atoms with Gasteiger partial charge in [0.1, 0.15) is 12.7 Å². The zero-order valence-electron chi connectivity index (χ0n) is 16.1. The average Bonchev–Trinajstić information content (AvgIpc) is 3.26. The Balaban J connectivity index is 0.00000240. The van der Waals surface area contributed by atoms with Crippen molar-refractivity contribution in [2.24, 2.45) is 10.7 Å². The standard InChI is InChI=1S/C21H24N6S.HI/c22-21(26-9-11-28-12-10-26)24-13-19-3-1-2-4-20(19)18-7-5-17(6-8-18)14-27-16-23-15-25-27;/h1-8,15-16H,9-14H2,(H2,22,24);1H. The molecular weight excluding hydrogens is 495 g/mol. The van der Waals surface area contributed by atoms with Gasteiger partial charge in [-0.3, -0.25) is 0 Å². The number of hydrogen-bond acceptors (Lipinski definition) is 4. The van der Waals surface area contributed by atoms with E-state index in [4.69, 9.17) is 5.73 Å². The Hall–Kier alpha value is -2.07. The van der Waals surface area contributed by atoms with Gasteiger partial charge in [-0.15, -0.1) is 24.0 Å². The van der Waals surface area contributed by atoms with Crippen LogP contribution in [0.2, 0.25) is 0 Å². The quantitative estimate of drug-likeness (QED) is 0.317. The highest BCUT2D eigenvalue weighted by Gasteiger charge is 2.12. The van der Waals surface area contributed by atoms with E-state index < -0.39 is 0 Å². The summed E-state index contributed by atoms with van der Waals surface area (Å²) in [5, 5.41) is 4.16. The first-order valence-electron chi connectivity index (χ1n) is 9.42. The summed E-state index contributed by atoms with van der Waals surface area (Å²) in [5.41, 5.74) is 11.0. The average molecular weight is 520 g/mol. The second kappa shape index (κ2) is 10.6. The van der Waals surface area contributed by atoms with E-state index in [9.17, 15) is 0 Å². The Bertz CT molecular complexity index is 921. The normalized spacial score (nSPS) is 14.5. The van der Waals surface area contributed by atoms with E-state index in [1.807, 2.05) is 16.4 Å². The number of aromatic nitrogens is 3. The van der Waals surface area contributed by atoms with Crippen molar-refractivity contribution in [1.29, 1.82) is 0 Å². The predicted molar refractivity (Wildman–Crippen MR) is 131 cm³/mol. The van der Waals surface area contributed by atoms with Gasteiger partial charge in [-0.25, -0.2) is 14.7 Å². The molecule has 1 aromatic heterocycles. The van der Waals surface area contributed by atoms with Gasteiger partial charge in [0.25, 0.3) is 0 Å². The SMILES string of the molecule is I.NC(=NCc1ccccc1-c1ccc(Cn2cncn2)cc1)N1CCSCC1. The Labute approximate surface area is 192 Å². The monoisotopic (exact) mass is 520 g/mol. The third-order valence-corrected chi connectivity index (χ3v) is 5.78. The minimum absolute atomic E-state index is 0. The molecule has 3 aromatic rings. The Morgan fingerprint density at radius 1 is 1.07 bits per heavy atom. The summed E-state index contributed by atoms with van der Waals surface area (Å²) in [6.45, 7) is 3.27. The molecule has 2 N–H and O–H groups in total. The van der Waals surface area contributed by atoms with E-state index in [0.717, 1.165) is 31.1 Å². The van der Waals surface area contributed by atoms with Crippen LogP contribution in [0.3, 0.4) is 0 Å². The number of thioether (sulfide) groups is 1. The lowest BCUT2D eigenvalue weighted by Crippen LogP contribution is -2.42. The lowest BCUT2D eigenvalue weighted by Gasteiger charge is -2.27. The number of nitrogens with two attached hydrogens (primary N) is 1. The van der Waals surface area contributed by atoms with Crippen molar-refractivity contribution in [2.45, 2.75) is 13.1 Å². The van der Waals surface area contributed by atoms with Crippen LogP contribution < -0.4 is 5.73 Å². The van der Waals surface area contributed by atoms with Gasteiger partial charge in [-0.05, 0) is 22.3 Å². The largest absolute Gasteiger partial charge is 0.370 e. The van der Waals surface area contributed by atoms with Crippen LogP contribution >= 0.6 is 35.7 Å². The van der Waals surface area contributed by atoms with E-state index in [1.54, 1.807) is 12.7 Å². The Kier molecular flexibility index (Phi) is 7.93. The Morgan fingerprint density at radius 2 is 1.83 bits per heavy atom. The molecule has 6 nitrogen and oxygen atoms in total. The van der Waals surface area contributed by atoms with Crippen LogP contribution in [-0.2, 0) is 13.1 Å². The summed E-state index contributed by atoms with van der Waals surface area (Å²) in [4.78, 5) is 10.8. The van der Waals surface area contributed by atoms with Gasteiger partial charge in [0.2, 0.25) is 0 Å². The maximum absolute atomic E-state index is 6.22. The van der Waals surface area contributed by atoms with Gasteiger partial charge in [-0.2, -0.15) is 16.9 Å². The van der Waals surface area contributed by atoms with Crippen molar-refractivity contribution in [3.8, 4) is 11.1 Å². The van der Waals surface area contributed by atoms with Crippen LogP contribution in [0, 0.1) is 0 Å². The second-order valence-electron chi connectivity index (χ2n) is 6.72. The topological polar surface area (TPSA) is 72.3 Å². The lowest BCUT2D eigenvalue weighted by atomic mass is 9.98. The first kappa shape index (κ1) is 21.6. The maximum atomic E-state index is 6.22. The third-order valence-electron chi connectivity index (χ3n) is 4.84. The fourth-order valence-corrected chi connectivity index (χ4v) is 4.19. The lowest BCUT2D eigenvalue weighted by molar-refractivity contribution is 0.455. The molecule has 8 heteroatoms. The number of aliphatic imine (C=N–C) groups is 1. The van der Waals surface area contributed by atoms with Crippen molar-refractivity contribution in [3.05, 3.63) is 72.3 Å². The first-order valence-corrected chi connectivity index (χ1v) is 10.6. The molecule has 2 aromatic carbocycles. The number of nitrogens with zero attached hydrogens (tertiary/aromatic N) is 5. The van der Waals surface area contributed by atoms with Gasteiger partial charge in [0.15, 0.2) is 5.96 Å². The minimum atomic E-state index is 0. The van der Waals surface area contributed by atoms with Crippen molar-refractivity contribution >= 4 is 41.7 Å². The van der Waals surface area contributed by atoms with Crippen LogP contribution in [0.1, 0.15) is 11.1 Å². The van der Waals surface area contributed by atoms with E-state index in [1.165, 1.54) is 22.3 Å². The molecule has 0 amide bonds. The van der Waals surface area contributed by atoms with Crippen LogP contribution in [-0.4, -0.2) is 50.2 Å². The molecular formula is C21H25IN6S. The highest BCUT2D eigenvalue weighted by molar-refractivity contribution is 14.0. The van der Waals surface area contributed by atoms with Crippen LogP contribution in [0.15, 0.2) is 66.2 Å². The molecule has 1 aliphatic rings. The van der Waals surface area contributed by atoms with Gasteiger partial charge in [0.05, 0.1) is 13.1 Å². The molecule has 1 saturated heterocycles. The summed E-state index contributed by atoms with van der Waals surface area (Å²) in [6, 6.07) is 17.0. The van der Waals surface area contributed by atoms with Gasteiger partial charge in [-0.1, -0.05) is 48.5 Å². The third kappa shape index (κ3) is 5.72. The fraction of sp³-hybridized carbons (Fsp3) is 0.286. The van der Waals surface area contributed by atoms with Crippen LogP contribution in [0.5, 0.6) is 0 Å². The molecule has 152 valence electrons. The second-order valence-corrected chi connectivity index (χ2v) is 7.95. The summed E-state index contributed by atoms with van der Waals surface area (Å²) < 4.78 is 1.82. The van der Waals surface area contributed by atoms with Crippen molar-refractivity contribution in [2.75, 3.05) is 24.6 Å². The predicted octanol–water partition coefficient (Wildman–Crippen LogP) is 3.47. The molecule has 0 atom stereocenters. The number of halogens is 1. The van der Waals surface area contributed by atoms with Crippen molar-refractivity contribution in [1.82, 2.24) is 19.7 Å². The molecule has 4 rings (SSSR count). The molecule has 0 radical (unpaired) electrons. The van der Waals surface area contributed by atoms with Crippen LogP contribution in [0.25, 0.3) is 11.1 Å². The van der Waals surface area contributed by atoms with Crippen molar-refractivity contribution in [3.63, 3.8) is 0 Å². The number of guanidine groups is 1. The molecule has 1 aliphatic heterocycles. The van der Waals surface area contributed by atoms with E-state index in [-0.39, 0.29) is 24.0 Å². The molecule has 29 heavy (non-hydrogen) atoms. The highest BCUT2D eigenvalue weighted by atomic mass is 127. The molecule has 0 spiro atoms. The van der Waals surface area contributed by atoms with E-state index in [2.05, 4.69) is 68.5 Å². The molecule has 0 bridgehead atoms. The zero-order chi connectivity index (χ0) is 19.2. The summed E-state index contributed by atoms with van der Waals surface area (Å²) in [7, 11) is 0. The minimum Gasteiger partial charge on any atom is -0.370 e. The Morgan fingerprint density at radius 3 is 2.55 bits per heavy atom. The molecule has 2 heterocycles. The summed E-state index contributed by atoms with van der Waals surface area (Å²) in [5.74, 6) is 2.89. The van der Waals surface area contributed by atoms with Gasteiger partial charge in [0, 0.05) is 24.6 Å². The summed E-state index contributed by atoms with van der Waals surface area (Å²) in [6.07, 6.45) is 3.28. The number of benzene rings is 2. The van der Waals surface area contributed by atoms with E-state index in [0.29, 0.717) is 12.5 Å². The summed E-state index contributed by atoms with van der Waals surface area (Å²) >= 11 is 1.97. The highest BCUT2D eigenvalue weighted by Crippen LogP contribution is 2.25. The molecule has 0 saturated carbocycles. The van der Waals surface area contributed by atoms with Gasteiger partial charge < -0.3 is 10.6 Å². The number of rotatable bonds is 5. The zero-order valence-corrected chi connectivity index (χ0v) is 19.3. The first-order chi connectivity index (χ1) is 13.8. The van der Waals surface area contributed by atoms with Crippen molar-refractivity contribution < 1.29 is 0 Å². The molecule has 0 unspecified atom stereocenters. The smallest absolute Gasteiger partial charge is 0.191 e. The molecule has 0 aliphatic carbocycles. The molecule has 1 fully saturated rings. The fourth-order valence-electron chi connectivity index (χ4n) is 3.29. The number of hydrogen-bond donors (Lipinski definition) is 1. The van der Waals surface area contributed by atoms with Gasteiger partial charge >= 0.3 is 0 Å². The maximum Gasteiger partial charge on any atom is 0.191 e.